The topological polar surface area (TPSA) is 85.3 Å². The van der Waals surface area contributed by atoms with Gasteiger partial charge in [0.1, 0.15) is 0 Å². The van der Waals surface area contributed by atoms with Gasteiger partial charge in [-0.3, -0.25) is 10.1 Å². The molecule has 7 nitrogen and oxygen atoms in total. The van der Waals surface area contributed by atoms with Crippen LogP contribution in [0.3, 0.4) is 0 Å². The predicted molar refractivity (Wildman–Crippen MR) is 89.4 cm³/mol. The molecule has 1 saturated carbocycles. The van der Waals surface area contributed by atoms with Gasteiger partial charge in [0.25, 0.3) is 5.69 Å². The van der Waals surface area contributed by atoms with Gasteiger partial charge in [0.15, 0.2) is 0 Å². The predicted octanol–water partition coefficient (Wildman–Crippen LogP) is 3.42. The summed E-state index contributed by atoms with van der Waals surface area (Å²) in [5, 5.41) is 14.7. The number of hydrogen-bond acceptors (Lipinski definition) is 6. The van der Waals surface area contributed by atoms with E-state index in [1.807, 2.05) is 4.90 Å². The minimum Gasteiger partial charge on any atom is -0.315 e. The van der Waals surface area contributed by atoms with E-state index in [1.54, 1.807) is 12.1 Å². The average Bonchev–Trinajstić information content (AvgIpc) is 3.10. The van der Waals surface area contributed by atoms with E-state index in [2.05, 4.69) is 16.1 Å². The number of nitrogens with zero attached hydrogens (tertiary/aromatic N) is 4. The average molecular weight is 326 g/mol. The molecule has 0 saturated heterocycles. The molecule has 0 N–H and O–H groups in total. The highest BCUT2D eigenvalue weighted by atomic mass is 16.6. The maximum atomic E-state index is 10.7. The van der Waals surface area contributed by atoms with Gasteiger partial charge in [0, 0.05) is 23.7 Å². The largest absolute Gasteiger partial charge is 0.325 e. The third kappa shape index (κ3) is 3.38. The normalized spacial score (nSPS) is 15.0. The van der Waals surface area contributed by atoms with Crippen molar-refractivity contribution in [3.63, 3.8) is 0 Å². The SMILES string of the molecule is C#CCN(c1nc(-c2ccc([N+](=O)[O-])cc2)no1)C1CCCCC1. The number of aromatic nitrogens is 2. The van der Waals surface area contributed by atoms with Gasteiger partial charge in [-0.1, -0.05) is 30.3 Å². The zero-order valence-corrected chi connectivity index (χ0v) is 13.2. The first-order valence-electron chi connectivity index (χ1n) is 7.97. The van der Waals surface area contributed by atoms with E-state index in [0.717, 1.165) is 12.8 Å². The molecular formula is C17H18N4O3. The standard InChI is InChI=1S/C17H18N4O3/c1-2-12-20(14-6-4-3-5-7-14)17-18-16(19-24-17)13-8-10-15(11-9-13)21(22)23/h1,8-11,14H,3-7,12H2. The Labute approximate surface area is 139 Å². The van der Waals surface area contributed by atoms with E-state index >= 15 is 0 Å². The Kier molecular flexibility index (Phi) is 4.75. The van der Waals surface area contributed by atoms with Crippen molar-refractivity contribution < 1.29 is 9.45 Å². The number of rotatable bonds is 5. The Bertz CT molecular complexity index is 742. The Morgan fingerprint density at radius 1 is 1.29 bits per heavy atom. The Hall–Kier alpha value is -2.88. The number of nitro groups is 1. The fraction of sp³-hybridized carbons (Fsp3) is 0.412. The lowest BCUT2D eigenvalue weighted by Gasteiger charge is -2.31. The first-order valence-corrected chi connectivity index (χ1v) is 7.97. The van der Waals surface area contributed by atoms with Gasteiger partial charge in [-0.2, -0.15) is 4.98 Å². The molecule has 7 heteroatoms. The first kappa shape index (κ1) is 16.0. The lowest BCUT2D eigenvalue weighted by Crippen LogP contribution is -2.37. The van der Waals surface area contributed by atoms with E-state index in [4.69, 9.17) is 10.9 Å². The molecule has 1 aromatic heterocycles. The highest BCUT2D eigenvalue weighted by molar-refractivity contribution is 5.58. The fourth-order valence-electron chi connectivity index (χ4n) is 3.03. The molecule has 0 unspecified atom stereocenters. The van der Waals surface area contributed by atoms with Crippen molar-refractivity contribution >= 4 is 11.7 Å². The number of hydrogen-bond donors (Lipinski definition) is 0. The summed E-state index contributed by atoms with van der Waals surface area (Å²) in [6.07, 6.45) is 11.2. The first-order chi connectivity index (χ1) is 11.7. The highest BCUT2D eigenvalue weighted by Crippen LogP contribution is 2.28. The van der Waals surface area contributed by atoms with Crippen molar-refractivity contribution in [1.29, 1.82) is 0 Å². The molecule has 0 bridgehead atoms. The highest BCUT2D eigenvalue weighted by Gasteiger charge is 2.25. The number of benzene rings is 1. The summed E-state index contributed by atoms with van der Waals surface area (Å²) in [7, 11) is 0. The monoisotopic (exact) mass is 326 g/mol. The summed E-state index contributed by atoms with van der Waals surface area (Å²) >= 11 is 0. The molecule has 0 radical (unpaired) electrons. The molecule has 1 heterocycles. The molecule has 3 rings (SSSR count). The summed E-state index contributed by atoms with van der Waals surface area (Å²) in [6.45, 7) is 0.423. The molecule has 0 spiro atoms. The van der Waals surface area contributed by atoms with Crippen molar-refractivity contribution in [1.82, 2.24) is 10.1 Å². The van der Waals surface area contributed by atoms with Crippen molar-refractivity contribution in [2.75, 3.05) is 11.4 Å². The number of anilines is 1. The molecule has 1 aromatic carbocycles. The Balaban J connectivity index is 1.82. The molecule has 0 atom stereocenters. The van der Waals surface area contributed by atoms with Gasteiger partial charge in [0.05, 0.1) is 11.5 Å². The van der Waals surface area contributed by atoms with Gasteiger partial charge >= 0.3 is 6.01 Å². The van der Waals surface area contributed by atoms with E-state index in [0.29, 0.717) is 30.0 Å². The van der Waals surface area contributed by atoms with Crippen LogP contribution in [-0.2, 0) is 0 Å². The number of terminal acetylenes is 1. The lowest BCUT2D eigenvalue weighted by atomic mass is 9.94. The number of nitro benzene ring substituents is 1. The van der Waals surface area contributed by atoms with E-state index in [1.165, 1.54) is 31.4 Å². The van der Waals surface area contributed by atoms with Gasteiger partial charge < -0.3 is 9.42 Å². The summed E-state index contributed by atoms with van der Waals surface area (Å²) in [5.74, 6) is 3.06. The summed E-state index contributed by atoms with van der Waals surface area (Å²) in [5.41, 5.74) is 0.693. The Morgan fingerprint density at radius 3 is 2.62 bits per heavy atom. The minimum atomic E-state index is -0.441. The second-order valence-corrected chi connectivity index (χ2v) is 5.83. The minimum absolute atomic E-state index is 0.0265. The molecule has 1 aliphatic carbocycles. The molecule has 0 aliphatic heterocycles. The third-order valence-corrected chi connectivity index (χ3v) is 4.27. The van der Waals surface area contributed by atoms with E-state index in [-0.39, 0.29) is 5.69 Å². The van der Waals surface area contributed by atoms with Crippen LogP contribution in [0, 0.1) is 22.5 Å². The van der Waals surface area contributed by atoms with Crippen molar-refractivity contribution in [3.05, 3.63) is 34.4 Å². The summed E-state index contributed by atoms with van der Waals surface area (Å²) < 4.78 is 5.40. The molecular weight excluding hydrogens is 308 g/mol. The van der Waals surface area contributed by atoms with Crippen molar-refractivity contribution in [3.8, 4) is 23.7 Å². The second-order valence-electron chi connectivity index (χ2n) is 5.83. The van der Waals surface area contributed by atoms with Crippen LogP contribution in [0.25, 0.3) is 11.4 Å². The van der Waals surface area contributed by atoms with Crippen LogP contribution >= 0.6 is 0 Å². The molecule has 0 amide bonds. The summed E-state index contributed by atoms with van der Waals surface area (Å²) in [4.78, 5) is 16.7. The van der Waals surface area contributed by atoms with Crippen LogP contribution in [0.5, 0.6) is 0 Å². The van der Waals surface area contributed by atoms with Crippen molar-refractivity contribution in [2.45, 2.75) is 38.1 Å². The third-order valence-electron chi connectivity index (χ3n) is 4.27. The van der Waals surface area contributed by atoms with Crippen LogP contribution in [0.4, 0.5) is 11.7 Å². The quantitative estimate of drug-likeness (QED) is 0.475. The van der Waals surface area contributed by atoms with Crippen molar-refractivity contribution in [2.24, 2.45) is 0 Å². The lowest BCUT2D eigenvalue weighted by molar-refractivity contribution is -0.384. The van der Waals surface area contributed by atoms with Crippen LogP contribution in [0.2, 0.25) is 0 Å². The number of non-ortho nitro benzene ring substituents is 1. The molecule has 1 fully saturated rings. The van der Waals surface area contributed by atoms with Gasteiger partial charge in [-0.15, -0.1) is 6.42 Å². The van der Waals surface area contributed by atoms with Gasteiger partial charge in [-0.25, -0.2) is 0 Å². The maximum Gasteiger partial charge on any atom is 0.325 e. The van der Waals surface area contributed by atoms with E-state index < -0.39 is 4.92 Å². The van der Waals surface area contributed by atoms with Crippen LogP contribution in [0.1, 0.15) is 32.1 Å². The zero-order valence-electron chi connectivity index (χ0n) is 13.2. The van der Waals surface area contributed by atoms with Gasteiger partial charge in [-0.05, 0) is 25.0 Å². The molecule has 24 heavy (non-hydrogen) atoms. The molecule has 124 valence electrons. The van der Waals surface area contributed by atoms with Crippen LogP contribution in [-0.4, -0.2) is 27.7 Å². The van der Waals surface area contributed by atoms with Crippen LogP contribution in [0.15, 0.2) is 28.8 Å². The summed E-state index contributed by atoms with van der Waals surface area (Å²) in [6, 6.07) is 6.79. The van der Waals surface area contributed by atoms with Crippen LogP contribution < -0.4 is 4.90 Å². The fourth-order valence-corrected chi connectivity index (χ4v) is 3.03. The van der Waals surface area contributed by atoms with E-state index in [9.17, 15) is 10.1 Å². The van der Waals surface area contributed by atoms with Gasteiger partial charge in [0.2, 0.25) is 5.82 Å². The Morgan fingerprint density at radius 2 is 2.00 bits per heavy atom. The molecule has 1 aliphatic rings. The smallest absolute Gasteiger partial charge is 0.315 e. The molecule has 2 aromatic rings. The second kappa shape index (κ2) is 7.13. The maximum absolute atomic E-state index is 10.7. The zero-order chi connectivity index (χ0) is 16.9.